The molecule has 0 aliphatic carbocycles. The maximum absolute atomic E-state index is 12.6. The molecule has 0 spiro atoms. The lowest BCUT2D eigenvalue weighted by Crippen LogP contribution is -2.41. The number of nitrogens with zero attached hydrogens (tertiary/aromatic N) is 2. The summed E-state index contributed by atoms with van der Waals surface area (Å²) in [6.45, 7) is 1.17. The number of amides is 2. The van der Waals surface area contributed by atoms with Gasteiger partial charge >= 0.3 is 0 Å². The van der Waals surface area contributed by atoms with Gasteiger partial charge in [0.25, 0.3) is 0 Å². The quantitative estimate of drug-likeness (QED) is 0.534. The zero-order chi connectivity index (χ0) is 15.4. The van der Waals surface area contributed by atoms with E-state index in [-0.39, 0.29) is 18.2 Å². The predicted octanol–water partition coefficient (Wildman–Crippen LogP) is 0.0798. The Balaban J connectivity index is 1.68. The van der Waals surface area contributed by atoms with Crippen molar-refractivity contribution in [3.63, 3.8) is 0 Å². The summed E-state index contributed by atoms with van der Waals surface area (Å²) in [6, 6.07) is 0. The van der Waals surface area contributed by atoms with Crippen LogP contribution >= 0.6 is 0 Å². The molecule has 5 N–H and O–H groups in total. The first kappa shape index (κ1) is 14.3. The maximum atomic E-state index is 12.6. The van der Waals surface area contributed by atoms with E-state index >= 15 is 0 Å². The van der Waals surface area contributed by atoms with E-state index in [0.29, 0.717) is 30.9 Å². The molecular weight excluding hydrogens is 286 g/mol. The van der Waals surface area contributed by atoms with Crippen LogP contribution in [0.1, 0.15) is 12.8 Å². The van der Waals surface area contributed by atoms with Crippen LogP contribution < -0.4 is 16.0 Å². The highest BCUT2D eigenvalue weighted by molar-refractivity contribution is 6.00. The number of nitrogens with one attached hydrogen (secondary N) is 5. The van der Waals surface area contributed by atoms with E-state index in [1.165, 1.54) is 12.4 Å². The first-order valence-corrected chi connectivity index (χ1v) is 6.98. The molecule has 2 aromatic heterocycles. The van der Waals surface area contributed by atoms with E-state index in [0.717, 1.165) is 0 Å². The topological polar surface area (TPSA) is 128 Å². The third-order valence-corrected chi connectivity index (χ3v) is 3.76. The summed E-state index contributed by atoms with van der Waals surface area (Å²) in [6.07, 6.45) is 6.94. The molecule has 1 aliphatic rings. The second-order valence-corrected chi connectivity index (χ2v) is 5.36. The summed E-state index contributed by atoms with van der Waals surface area (Å²) in [5.41, 5.74) is 0.415. The van der Waals surface area contributed by atoms with E-state index in [2.05, 4.69) is 36.3 Å². The predicted molar refractivity (Wildman–Crippen MR) is 79.0 cm³/mol. The molecule has 1 fully saturated rings. The third-order valence-electron chi connectivity index (χ3n) is 3.76. The number of carbonyl (C=O) groups excluding carboxylic acids is 2. The Bertz CT molecular complexity index is 629. The molecule has 2 aromatic rings. The fourth-order valence-corrected chi connectivity index (χ4v) is 2.58. The Labute approximate surface area is 126 Å². The Hall–Kier alpha value is -2.68. The fraction of sp³-hybridized carbons (Fsp3) is 0.385. The number of hydrogen-bond donors (Lipinski definition) is 5. The van der Waals surface area contributed by atoms with Crippen molar-refractivity contribution in [1.29, 1.82) is 0 Å². The molecule has 1 unspecified atom stereocenters. The average molecular weight is 303 g/mol. The van der Waals surface area contributed by atoms with Gasteiger partial charge in [-0.3, -0.25) is 19.8 Å². The van der Waals surface area contributed by atoms with Gasteiger partial charge < -0.3 is 16.0 Å². The van der Waals surface area contributed by atoms with Gasteiger partial charge in [-0.1, -0.05) is 0 Å². The van der Waals surface area contributed by atoms with Gasteiger partial charge in [-0.05, 0) is 13.0 Å². The first-order chi connectivity index (χ1) is 10.7. The average Bonchev–Trinajstić information content (AvgIpc) is 3.20. The second-order valence-electron chi connectivity index (χ2n) is 5.36. The van der Waals surface area contributed by atoms with Gasteiger partial charge in [-0.15, -0.1) is 0 Å². The highest BCUT2D eigenvalue weighted by Gasteiger charge is 2.43. The molecule has 22 heavy (non-hydrogen) atoms. The molecule has 9 nitrogen and oxygen atoms in total. The van der Waals surface area contributed by atoms with Crippen LogP contribution in [0.25, 0.3) is 0 Å². The van der Waals surface area contributed by atoms with Gasteiger partial charge in [0.1, 0.15) is 0 Å². The van der Waals surface area contributed by atoms with E-state index in [1.54, 1.807) is 12.4 Å². The summed E-state index contributed by atoms with van der Waals surface area (Å²) in [7, 11) is 0. The molecule has 2 amide bonds. The molecular formula is C13H17N7O2. The van der Waals surface area contributed by atoms with E-state index in [9.17, 15) is 9.59 Å². The van der Waals surface area contributed by atoms with Gasteiger partial charge in [-0.2, -0.15) is 10.2 Å². The number of anilines is 2. The van der Waals surface area contributed by atoms with Gasteiger partial charge in [0, 0.05) is 25.4 Å². The Morgan fingerprint density at radius 1 is 1.14 bits per heavy atom. The molecule has 3 rings (SSSR count). The van der Waals surface area contributed by atoms with Crippen molar-refractivity contribution in [2.24, 2.45) is 5.41 Å². The van der Waals surface area contributed by atoms with E-state index in [1.807, 2.05) is 0 Å². The van der Waals surface area contributed by atoms with E-state index < -0.39 is 5.41 Å². The van der Waals surface area contributed by atoms with Gasteiger partial charge in [-0.25, -0.2) is 0 Å². The van der Waals surface area contributed by atoms with Crippen LogP contribution in [0.3, 0.4) is 0 Å². The standard InChI is InChI=1S/C13H17N7O2/c21-11(19-9-4-15-16-5-9)3-13(1-2-14-8-13)12(22)20-10-6-17-18-7-10/h4-7,14H,1-3,8H2,(H,15,16)(H,17,18)(H,19,21)(H,20,22). The summed E-state index contributed by atoms with van der Waals surface area (Å²) < 4.78 is 0. The van der Waals surface area contributed by atoms with Crippen molar-refractivity contribution in [2.75, 3.05) is 23.7 Å². The van der Waals surface area contributed by atoms with Crippen molar-refractivity contribution < 1.29 is 9.59 Å². The smallest absolute Gasteiger partial charge is 0.232 e. The largest absolute Gasteiger partial charge is 0.323 e. The number of carbonyl (C=O) groups is 2. The lowest BCUT2D eigenvalue weighted by atomic mass is 9.82. The molecule has 0 saturated carbocycles. The highest BCUT2D eigenvalue weighted by atomic mass is 16.2. The van der Waals surface area contributed by atoms with Crippen molar-refractivity contribution in [2.45, 2.75) is 12.8 Å². The third kappa shape index (κ3) is 2.98. The molecule has 116 valence electrons. The molecule has 3 heterocycles. The molecule has 1 atom stereocenters. The Morgan fingerprint density at radius 2 is 1.82 bits per heavy atom. The molecule has 1 saturated heterocycles. The lowest BCUT2D eigenvalue weighted by molar-refractivity contribution is -0.129. The Kier molecular flexibility index (Phi) is 3.88. The zero-order valence-corrected chi connectivity index (χ0v) is 11.8. The summed E-state index contributed by atoms with van der Waals surface area (Å²) >= 11 is 0. The summed E-state index contributed by atoms with van der Waals surface area (Å²) in [5.74, 6) is -0.395. The lowest BCUT2D eigenvalue weighted by Gasteiger charge is -2.25. The van der Waals surface area contributed by atoms with Gasteiger partial charge in [0.05, 0.1) is 29.2 Å². The number of aromatic amines is 2. The molecule has 0 aromatic carbocycles. The van der Waals surface area contributed by atoms with Crippen molar-refractivity contribution in [1.82, 2.24) is 25.7 Å². The molecule has 0 bridgehead atoms. The number of hydrogen-bond acceptors (Lipinski definition) is 5. The number of aromatic nitrogens is 4. The first-order valence-electron chi connectivity index (χ1n) is 6.98. The Morgan fingerprint density at radius 3 is 2.36 bits per heavy atom. The molecule has 1 aliphatic heterocycles. The minimum atomic E-state index is -0.759. The van der Waals surface area contributed by atoms with Crippen molar-refractivity contribution in [3.05, 3.63) is 24.8 Å². The molecule has 0 radical (unpaired) electrons. The summed E-state index contributed by atoms with van der Waals surface area (Å²) in [5, 5.41) is 21.5. The van der Waals surface area contributed by atoms with Crippen LogP contribution in [0.2, 0.25) is 0 Å². The zero-order valence-electron chi connectivity index (χ0n) is 11.8. The van der Waals surface area contributed by atoms with Gasteiger partial charge in [0.15, 0.2) is 0 Å². The SMILES string of the molecule is O=C(CC1(C(=O)Nc2cn[nH]c2)CCNC1)Nc1cn[nH]c1. The summed E-state index contributed by atoms with van der Waals surface area (Å²) in [4.78, 5) is 24.8. The van der Waals surface area contributed by atoms with Crippen LogP contribution in [-0.4, -0.2) is 45.3 Å². The normalized spacial score (nSPS) is 20.7. The van der Waals surface area contributed by atoms with Crippen LogP contribution in [-0.2, 0) is 9.59 Å². The fourth-order valence-electron chi connectivity index (χ4n) is 2.58. The number of rotatable bonds is 5. The number of H-pyrrole nitrogens is 2. The van der Waals surface area contributed by atoms with E-state index in [4.69, 9.17) is 0 Å². The monoisotopic (exact) mass is 303 g/mol. The van der Waals surface area contributed by atoms with Crippen molar-refractivity contribution in [3.8, 4) is 0 Å². The maximum Gasteiger partial charge on any atom is 0.232 e. The van der Waals surface area contributed by atoms with Crippen LogP contribution in [0, 0.1) is 5.41 Å². The van der Waals surface area contributed by atoms with Crippen LogP contribution in [0.15, 0.2) is 24.8 Å². The minimum absolute atomic E-state index is 0.106. The van der Waals surface area contributed by atoms with Crippen LogP contribution in [0.4, 0.5) is 11.4 Å². The highest BCUT2D eigenvalue weighted by Crippen LogP contribution is 2.31. The minimum Gasteiger partial charge on any atom is -0.323 e. The van der Waals surface area contributed by atoms with Crippen LogP contribution in [0.5, 0.6) is 0 Å². The van der Waals surface area contributed by atoms with Crippen molar-refractivity contribution >= 4 is 23.2 Å². The second kappa shape index (κ2) is 5.98. The molecule has 9 heteroatoms. The van der Waals surface area contributed by atoms with Gasteiger partial charge in [0.2, 0.25) is 11.8 Å².